The van der Waals surface area contributed by atoms with E-state index < -0.39 is 0 Å². The van der Waals surface area contributed by atoms with Crippen molar-refractivity contribution in [1.29, 1.82) is 0 Å². The van der Waals surface area contributed by atoms with Crippen LogP contribution in [-0.4, -0.2) is 24.1 Å². The molecule has 0 bridgehead atoms. The minimum absolute atomic E-state index is 0.176. The molecule has 7 heteroatoms. The van der Waals surface area contributed by atoms with Crippen molar-refractivity contribution in [2.45, 2.75) is 0 Å². The number of hydrogen-bond acceptors (Lipinski definition) is 6. The number of nitrogens with zero attached hydrogens (tertiary/aromatic N) is 2. The second kappa shape index (κ2) is 5.62. The molecule has 0 aliphatic heterocycles. The Bertz CT molecular complexity index is 590. The smallest absolute Gasteiger partial charge is 0.223 e. The van der Waals surface area contributed by atoms with Gasteiger partial charge in [0.1, 0.15) is 17.4 Å². The fourth-order valence-electron chi connectivity index (χ4n) is 1.57. The monoisotopic (exact) mass is 279 g/mol. The van der Waals surface area contributed by atoms with Crippen LogP contribution in [0.2, 0.25) is 5.02 Å². The maximum absolute atomic E-state index is 5.96. The first kappa shape index (κ1) is 13.2. The third-order valence-electron chi connectivity index (χ3n) is 2.42. The summed E-state index contributed by atoms with van der Waals surface area (Å²) in [5.41, 5.74) is 6.33. The van der Waals surface area contributed by atoms with Gasteiger partial charge in [0.25, 0.3) is 0 Å². The molecule has 0 aliphatic carbocycles. The normalized spacial score (nSPS) is 10.1. The van der Waals surface area contributed by atoms with Crippen molar-refractivity contribution in [2.75, 3.05) is 30.5 Å². The van der Waals surface area contributed by atoms with Crippen LogP contribution in [0, 0.1) is 0 Å². The fraction of sp³-hybridized carbons (Fsp3) is 0.167. The zero-order chi connectivity index (χ0) is 13.8. The molecule has 0 radical (unpaired) electrons. The summed E-state index contributed by atoms with van der Waals surface area (Å²) in [4.78, 5) is 8.11. The zero-order valence-corrected chi connectivity index (χ0v) is 11.3. The fourth-order valence-corrected chi connectivity index (χ4v) is 1.75. The molecule has 19 heavy (non-hydrogen) atoms. The highest BCUT2D eigenvalue weighted by atomic mass is 35.5. The lowest BCUT2D eigenvalue weighted by atomic mass is 10.3. The van der Waals surface area contributed by atoms with E-state index >= 15 is 0 Å². The molecule has 0 aliphatic rings. The topological polar surface area (TPSA) is 85.1 Å². The summed E-state index contributed by atoms with van der Waals surface area (Å²) < 4.78 is 5.25. The number of anilines is 4. The molecule has 100 valence electrons. The van der Waals surface area contributed by atoms with Crippen LogP contribution in [0.25, 0.3) is 0 Å². The van der Waals surface area contributed by atoms with Crippen molar-refractivity contribution in [3.8, 4) is 5.75 Å². The van der Waals surface area contributed by atoms with Crippen molar-refractivity contribution < 1.29 is 4.74 Å². The maximum atomic E-state index is 5.96. The average Bonchev–Trinajstić information content (AvgIpc) is 2.38. The van der Waals surface area contributed by atoms with Crippen molar-refractivity contribution >= 4 is 34.9 Å². The number of nitrogens with one attached hydrogen (secondary N) is 2. The Morgan fingerprint density at radius 2 is 1.95 bits per heavy atom. The summed E-state index contributed by atoms with van der Waals surface area (Å²) in [7, 11) is 3.34. The lowest BCUT2D eigenvalue weighted by molar-refractivity contribution is 0.417. The average molecular weight is 280 g/mol. The quantitative estimate of drug-likeness (QED) is 0.797. The zero-order valence-electron chi connectivity index (χ0n) is 10.6. The van der Waals surface area contributed by atoms with E-state index in [0.29, 0.717) is 28.1 Å². The van der Waals surface area contributed by atoms with Gasteiger partial charge in [-0.1, -0.05) is 11.6 Å². The van der Waals surface area contributed by atoms with Gasteiger partial charge in [-0.2, -0.15) is 9.97 Å². The van der Waals surface area contributed by atoms with Gasteiger partial charge in [-0.05, 0) is 18.2 Å². The van der Waals surface area contributed by atoms with Gasteiger partial charge >= 0.3 is 0 Å². The van der Waals surface area contributed by atoms with Gasteiger partial charge in [0.2, 0.25) is 5.95 Å². The number of aromatic nitrogens is 2. The number of rotatable bonds is 4. The van der Waals surface area contributed by atoms with Crippen LogP contribution in [-0.2, 0) is 0 Å². The summed E-state index contributed by atoms with van der Waals surface area (Å²) >= 11 is 5.96. The minimum atomic E-state index is 0.176. The molecule has 0 saturated carbocycles. The standard InChI is InChI=1S/C12H14ClN5O/c1-15-10-6-11(18-12(14)17-10)16-8-5-7(13)3-4-9(8)19-2/h3-6H,1-2H3,(H4,14,15,16,17,18). The highest BCUT2D eigenvalue weighted by Crippen LogP contribution is 2.30. The van der Waals surface area contributed by atoms with Crippen LogP contribution in [0.15, 0.2) is 24.3 Å². The van der Waals surface area contributed by atoms with E-state index in [-0.39, 0.29) is 5.95 Å². The predicted octanol–water partition coefficient (Wildman–Crippen LogP) is 2.51. The molecule has 0 amide bonds. The number of methoxy groups -OCH3 is 1. The maximum Gasteiger partial charge on any atom is 0.223 e. The van der Waals surface area contributed by atoms with Crippen LogP contribution >= 0.6 is 11.6 Å². The van der Waals surface area contributed by atoms with Crippen molar-refractivity contribution in [3.05, 3.63) is 29.3 Å². The van der Waals surface area contributed by atoms with E-state index in [1.54, 1.807) is 38.4 Å². The van der Waals surface area contributed by atoms with Crippen LogP contribution in [0.5, 0.6) is 5.75 Å². The molecule has 4 N–H and O–H groups in total. The van der Waals surface area contributed by atoms with Crippen LogP contribution < -0.4 is 21.1 Å². The van der Waals surface area contributed by atoms with Crippen LogP contribution in [0.3, 0.4) is 0 Å². The molecule has 1 aromatic carbocycles. The first-order valence-corrected chi connectivity index (χ1v) is 5.93. The van der Waals surface area contributed by atoms with E-state index in [1.807, 2.05) is 0 Å². The number of ether oxygens (including phenoxy) is 1. The summed E-state index contributed by atoms with van der Waals surface area (Å²) in [5.74, 6) is 2.01. The third-order valence-corrected chi connectivity index (χ3v) is 2.66. The van der Waals surface area contributed by atoms with E-state index in [1.165, 1.54) is 0 Å². The highest BCUT2D eigenvalue weighted by Gasteiger charge is 2.07. The van der Waals surface area contributed by atoms with E-state index in [9.17, 15) is 0 Å². The molecule has 1 heterocycles. The largest absolute Gasteiger partial charge is 0.495 e. The first-order chi connectivity index (χ1) is 9.12. The lowest BCUT2D eigenvalue weighted by Crippen LogP contribution is -2.04. The second-order valence-corrected chi connectivity index (χ2v) is 4.15. The second-order valence-electron chi connectivity index (χ2n) is 3.72. The first-order valence-electron chi connectivity index (χ1n) is 5.55. The summed E-state index contributed by atoms with van der Waals surface area (Å²) in [6.45, 7) is 0. The molecular weight excluding hydrogens is 266 g/mol. The van der Waals surface area contributed by atoms with Gasteiger partial charge in [-0.15, -0.1) is 0 Å². The molecule has 0 fully saturated rings. The van der Waals surface area contributed by atoms with Gasteiger partial charge in [-0.3, -0.25) is 0 Å². The molecule has 6 nitrogen and oxygen atoms in total. The predicted molar refractivity (Wildman–Crippen MR) is 77.3 cm³/mol. The van der Waals surface area contributed by atoms with Gasteiger partial charge in [0, 0.05) is 18.1 Å². The molecule has 0 saturated heterocycles. The van der Waals surface area contributed by atoms with E-state index in [2.05, 4.69) is 20.6 Å². The molecular formula is C12H14ClN5O. The van der Waals surface area contributed by atoms with Crippen molar-refractivity contribution in [3.63, 3.8) is 0 Å². The lowest BCUT2D eigenvalue weighted by Gasteiger charge is -2.12. The van der Waals surface area contributed by atoms with Crippen molar-refractivity contribution in [1.82, 2.24) is 9.97 Å². The molecule has 0 unspecified atom stereocenters. The summed E-state index contributed by atoms with van der Waals surface area (Å²) in [5, 5.41) is 6.60. The Kier molecular flexibility index (Phi) is 3.91. The number of nitrogens with two attached hydrogens (primary N) is 1. The molecule has 0 spiro atoms. The van der Waals surface area contributed by atoms with Crippen LogP contribution in [0.1, 0.15) is 0 Å². The minimum Gasteiger partial charge on any atom is -0.495 e. The highest BCUT2D eigenvalue weighted by molar-refractivity contribution is 6.31. The van der Waals surface area contributed by atoms with Crippen LogP contribution in [0.4, 0.5) is 23.3 Å². The number of nitrogen functional groups attached to an aromatic ring is 1. The van der Waals surface area contributed by atoms with Gasteiger partial charge in [0.05, 0.1) is 12.8 Å². The molecule has 2 rings (SSSR count). The number of benzene rings is 1. The Morgan fingerprint density at radius 1 is 1.21 bits per heavy atom. The Balaban J connectivity index is 2.35. The Morgan fingerprint density at radius 3 is 2.63 bits per heavy atom. The SMILES string of the molecule is CNc1cc(Nc2cc(Cl)ccc2OC)nc(N)n1. The number of hydrogen-bond donors (Lipinski definition) is 3. The Hall–Kier alpha value is -2.21. The molecule has 0 atom stereocenters. The number of halogens is 1. The molecule has 1 aromatic heterocycles. The summed E-state index contributed by atoms with van der Waals surface area (Å²) in [6, 6.07) is 7.00. The van der Waals surface area contributed by atoms with Gasteiger partial charge in [-0.25, -0.2) is 0 Å². The molecule has 2 aromatic rings. The van der Waals surface area contributed by atoms with Gasteiger partial charge in [0.15, 0.2) is 0 Å². The van der Waals surface area contributed by atoms with Crippen molar-refractivity contribution in [2.24, 2.45) is 0 Å². The summed E-state index contributed by atoms with van der Waals surface area (Å²) in [6.07, 6.45) is 0. The van der Waals surface area contributed by atoms with Gasteiger partial charge < -0.3 is 21.1 Å². The van der Waals surface area contributed by atoms with E-state index in [4.69, 9.17) is 22.1 Å². The van der Waals surface area contributed by atoms with E-state index in [0.717, 1.165) is 0 Å². The third kappa shape index (κ3) is 3.17. The Labute approximate surface area is 116 Å².